The summed E-state index contributed by atoms with van der Waals surface area (Å²) in [5.41, 5.74) is 5.85. The second kappa shape index (κ2) is 9.91. The van der Waals surface area contributed by atoms with E-state index >= 15 is 0 Å². The Kier molecular flexibility index (Phi) is 7.64. The Morgan fingerprint density at radius 2 is 1.75 bits per heavy atom. The molecule has 0 bridgehead atoms. The molecule has 0 fully saturated rings. The Hall–Kier alpha value is -2.82. The molecule has 36 heavy (non-hydrogen) atoms. The first-order valence-corrected chi connectivity index (χ1v) is 14.9. The highest BCUT2D eigenvalue weighted by molar-refractivity contribution is 7.92. The number of ether oxygens (including phenoxy) is 1. The molecular weight excluding hydrogens is 540 g/mol. The molecule has 0 unspecified atom stereocenters. The van der Waals surface area contributed by atoms with Gasteiger partial charge in [-0.05, 0) is 51.4 Å². The maximum Gasteiger partial charge on any atom is 0.573 e. The zero-order chi connectivity index (χ0) is 27.1. The predicted molar refractivity (Wildman–Crippen MR) is 135 cm³/mol. The monoisotopic (exact) mass is 562 g/mol. The van der Waals surface area contributed by atoms with Gasteiger partial charge in [0.25, 0.3) is 0 Å². The predicted octanol–water partition coefficient (Wildman–Crippen LogP) is 5.45. The second-order valence-corrected chi connectivity index (χ2v) is 14.5. The zero-order valence-corrected chi connectivity index (χ0v) is 22.1. The number of benzene rings is 2. The highest BCUT2D eigenvalue weighted by Gasteiger charge is 2.33. The number of sulfone groups is 1. The number of hydrogen-bond donors (Lipinski definition) is 2. The number of halogens is 4. The molecule has 3 aromatic rings. The van der Waals surface area contributed by atoms with Crippen LogP contribution in [0.3, 0.4) is 0 Å². The molecule has 14 heteroatoms. The first kappa shape index (κ1) is 27.8. The third-order valence-electron chi connectivity index (χ3n) is 5.01. The van der Waals surface area contributed by atoms with Crippen molar-refractivity contribution in [1.82, 2.24) is 9.97 Å². The van der Waals surface area contributed by atoms with Crippen LogP contribution in [0, 0.1) is 0 Å². The lowest BCUT2D eigenvalue weighted by Crippen LogP contribution is -2.19. The van der Waals surface area contributed by atoms with E-state index in [0.717, 1.165) is 6.07 Å². The first-order chi connectivity index (χ1) is 16.5. The molecule has 0 saturated heterocycles. The van der Waals surface area contributed by atoms with E-state index in [0.29, 0.717) is 0 Å². The SMILES string of the molecule is CC(C)S(=O)(=O)c1ccccc1-c1nc(Nc2ccc(P(C)(C)=O)cc2OC(F)(F)F)nc(N)c1Cl. The fraction of sp³-hybridized carbons (Fsp3) is 0.273. The maximum atomic E-state index is 13.1. The molecule has 3 N–H and O–H groups in total. The number of anilines is 3. The van der Waals surface area contributed by atoms with Crippen LogP contribution in [-0.2, 0) is 14.4 Å². The van der Waals surface area contributed by atoms with Crippen LogP contribution in [0.5, 0.6) is 5.75 Å². The molecule has 1 heterocycles. The molecule has 194 valence electrons. The van der Waals surface area contributed by atoms with Gasteiger partial charge >= 0.3 is 6.36 Å². The molecule has 1 aromatic heterocycles. The molecule has 0 aliphatic carbocycles. The van der Waals surface area contributed by atoms with Gasteiger partial charge in [-0.15, -0.1) is 13.2 Å². The van der Waals surface area contributed by atoms with E-state index in [4.69, 9.17) is 17.3 Å². The first-order valence-electron chi connectivity index (χ1n) is 10.4. The summed E-state index contributed by atoms with van der Waals surface area (Å²) in [5, 5.41) is 1.89. The van der Waals surface area contributed by atoms with Crippen molar-refractivity contribution in [2.45, 2.75) is 30.4 Å². The average molecular weight is 563 g/mol. The number of nitrogens with two attached hydrogens (primary N) is 1. The van der Waals surface area contributed by atoms with E-state index in [9.17, 15) is 26.2 Å². The molecule has 0 atom stereocenters. The fourth-order valence-electron chi connectivity index (χ4n) is 3.14. The highest BCUT2D eigenvalue weighted by atomic mass is 35.5. The van der Waals surface area contributed by atoms with Crippen molar-refractivity contribution < 1.29 is 30.9 Å². The summed E-state index contributed by atoms with van der Waals surface area (Å²) < 4.78 is 81.5. The van der Waals surface area contributed by atoms with Crippen molar-refractivity contribution in [3.63, 3.8) is 0 Å². The molecule has 2 aromatic carbocycles. The third-order valence-corrected chi connectivity index (χ3v) is 9.11. The zero-order valence-electron chi connectivity index (χ0n) is 19.6. The molecule has 0 saturated carbocycles. The van der Waals surface area contributed by atoms with Gasteiger partial charge in [-0.1, -0.05) is 29.8 Å². The van der Waals surface area contributed by atoms with Gasteiger partial charge in [-0.25, -0.2) is 13.4 Å². The van der Waals surface area contributed by atoms with E-state index in [1.165, 1.54) is 51.4 Å². The third kappa shape index (κ3) is 6.11. The lowest BCUT2D eigenvalue weighted by atomic mass is 10.1. The highest BCUT2D eigenvalue weighted by Crippen LogP contribution is 2.40. The number of nitrogens with zero attached hydrogens (tertiary/aromatic N) is 2. The average Bonchev–Trinajstić information content (AvgIpc) is 2.75. The van der Waals surface area contributed by atoms with Crippen molar-refractivity contribution in [3.05, 3.63) is 47.5 Å². The summed E-state index contributed by atoms with van der Waals surface area (Å²) in [6, 6.07) is 9.64. The summed E-state index contributed by atoms with van der Waals surface area (Å²) in [7, 11) is -6.66. The minimum Gasteiger partial charge on any atom is -0.404 e. The van der Waals surface area contributed by atoms with E-state index in [-0.39, 0.29) is 43.9 Å². The number of nitrogen functional groups attached to an aromatic ring is 1. The molecular formula is C22H23ClF3N4O4PS. The lowest BCUT2D eigenvalue weighted by Gasteiger charge is -2.18. The van der Waals surface area contributed by atoms with E-state index in [1.807, 2.05) is 0 Å². The summed E-state index contributed by atoms with van der Waals surface area (Å²) in [6.45, 7) is 5.86. The van der Waals surface area contributed by atoms with Crippen LogP contribution < -0.4 is 21.1 Å². The van der Waals surface area contributed by atoms with Gasteiger partial charge in [0.2, 0.25) is 5.95 Å². The van der Waals surface area contributed by atoms with Gasteiger partial charge in [0, 0.05) is 10.9 Å². The Balaban J connectivity index is 2.16. The molecule has 0 aliphatic rings. The lowest BCUT2D eigenvalue weighted by molar-refractivity contribution is -0.274. The van der Waals surface area contributed by atoms with Crippen molar-refractivity contribution in [2.75, 3.05) is 24.4 Å². The summed E-state index contributed by atoms with van der Waals surface area (Å²) in [6.07, 6.45) is -5.03. The van der Waals surface area contributed by atoms with Gasteiger partial charge in [-0.2, -0.15) is 4.98 Å². The minimum atomic E-state index is -5.03. The number of aromatic nitrogens is 2. The van der Waals surface area contributed by atoms with Gasteiger partial charge in [0.15, 0.2) is 15.6 Å². The van der Waals surface area contributed by atoms with Crippen molar-refractivity contribution in [2.24, 2.45) is 0 Å². The van der Waals surface area contributed by atoms with Crippen molar-refractivity contribution in [1.29, 1.82) is 0 Å². The minimum absolute atomic E-state index is 0.0342. The van der Waals surface area contributed by atoms with Crippen LogP contribution in [0.2, 0.25) is 5.02 Å². The second-order valence-electron chi connectivity index (χ2n) is 8.39. The maximum absolute atomic E-state index is 13.1. The normalized spacial score (nSPS) is 12.6. The summed E-state index contributed by atoms with van der Waals surface area (Å²) in [4.78, 5) is 8.18. The number of nitrogens with one attached hydrogen (secondary N) is 1. The largest absolute Gasteiger partial charge is 0.573 e. The molecule has 8 nitrogen and oxygen atoms in total. The van der Waals surface area contributed by atoms with Crippen LogP contribution in [-0.4, -0.2) is 43.3 Å². The molecule has 0 amide bonds. The van der Waals surface area contributed by atoms with Gasteiger partial charge in [-0.3, -0.25) is 0 Å². The summed E-state index contributed by atoms with van der Waals surface area (Å²) in [5.74, 6) is -1.16. The van der Waals surface area contributed by atoms with Crippen LogP contribution in [0.25, 0.3) is 11.3 Å². The van der Waals surface area contributed by atoms with E-state index in [2.05, 4.69) is 20.0 Å². The topological polar surface area (TPSA) is 124 Å². The van der Waals surface area contributed by atoms with Gasteiger partial charge in [0.1, 0.15) is 18.0 Å². The van der Waals surface area contributed by atoms with Crippen LogP contribution in [0.1, 0.15) is 13.8 Å². The number of alkyl halides is 3. The number of hydrogen-bond acceptors (Lipinski definition) is 8. The fourth-order valence-corrected chi connectivity index (χ4v) is 5.44. The van der Waals surface area contributed by atoms with Gasteiger partial charge in [0.05, 0.1) is 21.5 Å². The summed E-state index contributed by atoms with van der Waals surface area (Å²) >= 11 is 6.32. The van der Waals surface area contributed by atoms with E-state index in [1.54, 1.807) is 12.1 Å². The molecule has 0 spiro atoms. The Bertz CT molecular complexity index is 1460. The van der Waals surface area contributed by atoms with Crippen LogP contribution >= 0.6 is 18.7 Å². The van der Waals surface area contributed by atoms with Crippen molar-refractivity contribution in [3.8, 4) is 17.0 Å². The molecule has 0 radical (unpaired) electrons. The smallest absolute Gasteiger partial charge is 0.404 e. The Morgan fingerprint density at radius 1 is 1.11 bits per heavy atom. The Labute approximate surface area is 211 Å². The van der Waals surface area contributed by atoms with Crippen LogP contribution in [0.4, 0.5) is 30.6 Å². The van der Waals surface area contributed by atoms with E-state index < -0.39 is 34.3 Å². The standard InChI is InChI=1S/C22H23ClF3N4O4PS/c1-12(2)36(32,33)17-8-6-5-7-14(17)19-18(23)20(27)30-21(29-19)28-15-10-9-13(35(3,4)31)11-16(15)34-22(24,25)26/h5-12H,1-4H3,(H3,27,28,29,30). The van der Waals surface area contributed by atoms with Crippen LogP contribution in [0.15, 0.2) is 47.4 Å². The molecule has 0 aliphatic heterocycles. The van der Waals surface area contributed by atoms with Crippen molar-refractivity contribution >= 4 is 51.3 Å². The quantitative estimate of drug-likeness (QED) is 0.364. The molecule has 3 rings (SSSR count). The Morgan fingerprint density at radius 3 is 2.33 bits per heavy atom. The number of rotatable bonds is 7. The van der Waals surface area contributed by atoms with Gasteiger partial charge < -0.3 is 20.4 Å².